The molecule has 0 atom stereocenters. The molecule has 0 radical (unpaired) electrons. The quantitative estimate of drug-likeness (QED) is 0.687. The molecule has 0 aromatic heterocycles. The van der Waals surface area contributed by atoms with Crippen molar-refractivity contribution in [2.75, 3.05) is 6.54 Å². The number of halogens is 2. The van der Waals surface area contributed by atoms with Crippen LogP contribution in [0, 0.1) is 0 Å². The Labute approximate surface area is 145 Å². The zero-order valence-electron chi connectivity index (χ0n) is 12.6. The van der Waals surface area contributed by atoms with E-state index in [1.807, 2.05) is 36.4 Å². The van der Waals surface area contributed by atoms with Gasteiger partial charge in [0, 0.05) is 21.2 Å². The molecular formula is C19H17Cl2NO. The van der Waals surface area contributed by atoms with Crippen LogP contribution in [0.3, 0.4) is 0 Å². The normalized spacial score (nSPS) is 10.9. The zero-order chi connectivity index (χ0) is 16.2. The highest BCUT2D eigenvalue weighted by Gasteiger charge is 2.11. The van der Waals surface area contributed by atoms with Crippen molar-refractivity contribution in [2.45, 2.75) is 13.0 Å². The van der Waals surface area contributed by atoms with Gasteiger partial charge in [0.1, 0.15) is 12.4 Å². The molecular weight excluding hydrogens is 329 g/mol. The summed E-state index contributed by atoms with van der Waals surface area (Å²) in [6, 6.07) is 17.7. The minimum atomic E-state index is 0.328. The van der Waals surface area contributed by atoms with E-state index in [9.17, 15) is 0 Å². The molecule has 0 fully saturated rings. The summed E-state index contributed by atoms with van der Waals surface area (Å²) < 4.78 is 6.02. The molecule has 0 saturated carbocycles. The Hall–Kier alpha value is -1.74. The summed E-state index contributed by atoms with van der Waals surface area (Å²) in [5.74, 6) is 0.824. The SMILES string of the molecule is NCCc1c(OCc2c(Cl)cccc2Cl)ccc2ccccc12. The van der Waals surface area contributed by atoms with Crippen molar-refractivity contribution >= 4 is 34.0 Å². The molecule has 2 nitrogen and oxygen atoms in total. The number of hydrogen-bond acceptors (Lipinski definition) is 2. The summed E-state index contributed by atoms with van der Waals surface area (Å²) in [4.78, 5) is 0. The van der Waals surface area contributed by atoms with Gasteiger partial charge >= 0.3 is 0 Å². The summed E-state index contributed by atoms with van der Waals surface area (Å²) in [5.41, 5.74) is 7.69. The van der Waals surface area contributed by atoms with Crippen molar-refractivity contribution in [1.29, 1.82) is 0 Å². The maximum Gasteiger partial charge on any atom is 0.123 e. The third-order valence-corrected chi connectivity index (χ3v) is 4.53. The largest absolute Gasteiger partial charge is 0.488 e. The molecule has 0 heterocycles. The summed E-state index contributed by atoms with van der Waals surface area (Å²) in [7, 11) is 0. The van der Waals surface area contributed by atoms with Crippen LogP contribution in [0.5, 0.6) is 5.75 Å². The predicted molar refractivity (Wildman–Crippen MR) is 97.5 cm³/mol. The van der Waals surface area contributed by atoms with E-state index in [1.165, 1.54) is 10.8 Å². The second kappa shape index (κ2) is 7.22. The predicted octanol–water partition coefficient (Wildman–Crippen LogP) is 5.23. The van der Waals surface area contributed by atoms with Gasteiger partial charge in [0.2, 0.25) is 0 Å². The van der Waals surface area contributed by atoms with Gasteiger partial charge in [-0.1, -0.05) is 59.6 Å². The third-order valence-electron chi connectivity index (χ3n) is 3.83. The summed E-state index contributed by atoms with van der Waals surface area (Å²) >= 11 is 12.4. The Morgan fingerprint density at radius 3 is 2.30 bits per heavy atom. The van der Waals surface area contributed by atoms with Crippen LogP contribution in [0.25, 0.3) is 10.8 Å². The molecule has 0 amide bonds. The molecule has 0 spiro atoms. The minimum absolute atomic E-state index is 0.328. The van der Waals surface area contributed by atoms with E-state index in [0.717, 1.165) is 23.3 Å². The van der Waals surface area contributed by atoms with Crippen LogP contribution < -0.4 is 10.5 Å². The highest BCUT2D eigenvalue weighted by Crippen LogP contribution is 2.31. The molecule has 3 aromatic carbocycles. The van der Waals surface area contributed by atoms with Crippen LogP contribution >= 0.6 is 23.2 Å². The Balaban J connectivity index is 1.95. The summed E-state index contributed by atoms with van der Waals surface area (Å²) in [6.45, 7) is 0.894. The van der Waals surface area contributed by atoms with E-state index in [2.05, 4.69) is 18.2 Å². The lowest BCUT2D eigenvalue weighted by atomic mass is 10.0. The number of hydrogen-bond donors (Lipinski definition) is 1. The number of benzene rings is 3. The first-order valence-electron chi connectivity index (χ1n) is 7.47. The van der Waals surface area contributed by atoms with E-state index in [4.69, 9.17) is 33.7 Å². The Bertz CT molecular complexity index is 812. The minimum Gasteiger partial charge on any atom is -0.488 e. The molecule has 3 aromatic rings. The van der Waals surface area contributed by atoms with Gasteiger partial charge in [-0.3, -0.25) is 0 Å². The molecule has 0 bridgehead atoms. The van der Waals surface area contributed by atoms with Crippen molar-refractivity contribution in [2.24, 2.45) is 5.73 Å². The van der Waals surface area contributed by atoms with E-state index in [-0.39, 0.29) is 0 Å². The Kier molecular flexibility index (Phi) is 5.06. The molecule has 0 aliphatic heterocycles. The van der Waals surface area contributed by atoms with Crippen molar-refractivity contribution in [3.63, 3.8) is 0 Å². The first kappa shape index (κ1) is 16.1. The second-order valence-corrected chi connectivity index (χ2v) is 6.11. The lowest BCUT2D eigenvalue weighted by Crippen LogP contribution is -2.06. The highest BCUT2D eigenvalue weighted by molar-refractivity contribution is 6.35. The van der Waals surface area contributed by atoms with Crippen LogP contribution in [0.2, 0.25) is 10.0 Å². The zero-order valence-corrected chi connectivity index (χ0v) is 14.1. The molecule has 0 aliphatic rings. The molecule has 0 unspecified atom stereocenters. The number of fused-ring (bicyclic) bond motifs is 1. The van der Waals surface area contributed by atoms with Gasteiger partial charge in [0.15, 0.2) is 0 Å². The first-order chi connectivity index (χ1) is 11.2. The molecule has 4 heteroatoms. The van der Waals surface area contributed by atoms with Crippen LogP contribution in [-0.4, -0.2) is 6.54 Å². The van der Waals surface area contributed by atoms with Gasteiger partial charge in [0.25, 0.3) is 0 Å². The topological polar surface area (TPSA) is 35.2 Å². The molecule has 3 rings (SSSR count). The van der Waals surface area contributed by atoms with Crippen LogP contribution in [-0.2, 0) is 13.0 Å². The van der Waals surface area contributed by atoms with Crippen molar-refractivity contribution in [1.82, 2.24) is 0 Å². The average molecular weight is 346 g/mol. The number of nitrogens with two attached hydrogens (primary N) is 1. The number of ether oxygens (including phenoxy) is 1. The smallest absolute Gasteiger partial charge is 0.123 e. The van der Waals surface area contributed by atoms with Crippen molar-refractivity contribution < 1.29 is 4.74 Å². The molecule has 118 valence electrons. The second-order valence-electron chi connectivity index (χ2n) is 5.29. The maximum absolute atomic E-state index is 6.21. The van der Waals surface area contributed by atoms with Crippen LogP contribution in [0.1, 0.15) is 11.1 Å². The molecule has 0 saturated heterocycles. The van der Waals surface area contributed by atoms with Gasteiger partial charge in [-0.05, 0) is 41.9 Å². The van der Waals surface area contributed by atoms with Gasteiger partial charge in [-0.2, -0.15) is 0 Å². The van der Waals surface area contributed by atoms with Gasteiger partial charge in [-0.25, -0.2) is 0 Å². The lowest BCUT2D eigenvalue weighted by Gasteiger charge is -2.15. The van der Waals surface area contributed by atoms with E-state index < -0.39 is 0 Å². The standard InChI is InChI=1S/C19H17Cl2NO/c20-17-6-3-7-18(21)16(17)12-23-19-9-8-13-4-1-2-5-14(13)15(19)10-11-22/h1-9H,10-12,22H2. The van der Waals surface area contributed by atoms with Crippen molar-refractivity contribution in [3.8, 4) is 5.75 Å². The number of rotatable bonds is 5. The fourth-order valence-corrected chi connectivity index (χ4v) is 3.18. The molecule has 2 N–H and O–H groups in total. The van der Waals surface area contributed by atoms with Crippen LogP contribution in [0.15, 0.2) is 54.6 Å². The monoisotopic (exact) mass is 345 g/mol. The van der Waals surface area contributed by atoms with E-state index >= 15 is 0 Å². The van der Waals surface area contributed by atoms with Gasteiger partial charge < -0.3 is 10.5 Å². The molecule has 23 heavy (non-hydrogen) atoms. The van der Waals surface area contributed by atoms with Gasteiger partial charge in [-0.15, -0.1) is 0 Å². The lowest BCUT2D eigenvalue weighted by molar-refractivity contribution is 0.304. The molecule has 0 aliphatic carbocycles. The maximum atomic E-state index is 6.21. The first-order valence-corrected chi connectivity index (χ1v) is 8.22. The van der Waals surface area contributed by atoms with E-state index in [0.29, 0.717) is 23.2 Å². The summed E-state index contributed by atoms with van der Waals surface area (Å²) in [5, 5.41) is 3.57. The fraction of sp³-hybridized carbons (Fsp3) is 0.158. The van der Waals surface area contributed by atoms with E-state index in [1.54, 1.807) is 0 Å². The Morgan fingerprint density at radius 1 is 0.826 bits per heavy atom. The van der Waals surface area contributed by atoms with Crippen molar-refractivity contribution in [3.05, 3.63) is 75.8 Å². The summed E-state index contributed by atoms with van der Waals surface area (Å²) in [6.07, 6.45) is 0.757. The average Bonchev–Trinajstić information content (AvgIpc) is 2.56. The highest BCUT2D eigenvalue weighted by atomic mass is 35.5. The van der Waals surface area contributed by atoms with Crippen LogP contribution in [0.4, 0.5) is 0 Å². The van der Waals surface area contributed by atoms with Gasteiger partial charge in [0.05, 0.1) is 0 Å². The third kappa shape index (κ3) is 3.45. The fourth-order valence-electron chi connectivity index (χ4n) is 2.67. The Morgan fingerprint density at radius 2 is 1.57 bits per heavy atom.